The molecule has 24 heavy (non-hydrogen) atoms. The van der Waals surface area contributed by atoms with Gasteiger partial charge in [-0.05, 0) is 20.8 Å². The Kier molecular flexibility index (Phi) is 4.31. The molecule has 8 nitrogen and oxygen atoms in total. The fourth-order valence-corrected chi connectivity index (χ4v) is 2.94. The number of rotatable bonds is 3. The van der Waals surface area contributed by atoms with Crippen molar-refractivity contribution in [2.75, 3.05) is 19.7 Å². The monoisotopic (exact) mass is 333 g/mol. The maximum absolute atomic E-state index is 12.5. The second-order valence-corrected chi connectivity index (χ2v) is 6.36. The van der Waals surface area contributed by atoms with Crippen LogP contribution in [0.5, 0.6) is 0 Å². The average Bonchev–Trinajstić information content (AvgIpc) is 3.12. The molecule has 1 aliphatic heterocycles. The van der Waals surface area contributed by atoms with E-state index in [1.54, 1.807) is 15.8 Å². The third-order valence-electron chi connectivity index (χ3n) is 4.47. The third-order valence-corrected chi connectivity index (χ3v) is 4.47. The summed E-state index contributed by atoms with van der Waals surface area (Å²) in [6.45, 7) is 7.63. The molecule has 1 atom stereocenters. The van der Waals surface area contributed by atoms with Gasteiger partial charge < -0.3 is 19.5 Å². The summed E-state index contributed by atoms with van der Waals surface area (Å²) in [5, 5.41) is 11.0. The van der Waals surface area contributed by atoms with Crippen LogP contribution in [0.3, 0.4) is 0 Å². The lowest BCUT2D eigenvalue weighted by molar-refractivity contribution is -0.0907. The van der Waals surface area contributed by atoms with Crippen LogP contribution >= 0.6 is 0 Å². The second kappa shape index (κ2) is 6.27. The van der Waals surface area contributed by atoms with Crippen LogP contribution in [-0.4, -0.2) is 45.6 Å². The van der Waals surface area contributed by atoms with Gasteiger partial charge in [-0.15, -0.1) is 0 Å². The number of ether oxygens (including phenoxy) is 1. The number of aromatic nitrogens is 3. The van der Waals surface area contributed by atoms with Gasteiger partial charge in [-0.1, -0.05) is 5.16 Å². The highest BCUT2D eigenvalue weighted by atomic mass is 16.5. The van der Waals surface area contributed by atoms with Crippen molar-refractivity contribution in [3.05, 3.63) is 35.0 Å². The van der Waals surface area contributed by atoms with Crippen molar-refractivity contribution in [3.63, 3.8) is 0 Å². The summed E-state index contributed by atoms with van der Waals surface area (Å²) in [5.74, 6) is 0.731. The van der Waals surface area contributed by atoms with E-state index in [4.69, 9.17) is 9.26 Å². The quantitative estimate of drug-likeness (QED) is 0.919. The fourth-order valence-electron chi connectivity index (χ4n) is 2.94. The maximum atomic E-state index is 12.5. The van der Waals surface area contributed by atoms with E-state index in [1.807, 2.05) is 34.0 Å². The van der Waals surface area contributed by atoms with Crippen LogP contribution in [0.25, 0.3) is 0 Å². The highest BCUT2D eigenvalue weighted by Crippen LogP contribution is 2.29. The maximum Gasteiger partial charge on any atom is 0.317 e. The van der Waals surface area contributed by atoms with Crippen molar-refractivity contribution in [1.29, 1.82) is 0 Å². The van der Waals surface area contributed by atoms with Crippen LogP contribution in [-0.2, 0) is 23.9 Å². The zero-order valence-electron chi connectivity index (χ0n) is 14.5. The van der Waals surface area contributed by atoms with E-state index < -0.39 is 5.60 Å². The summed E-state index contributed by atoms with van der Waals surface area (Å²) < 4.78 is 12.8. The van der Waals surface area contributed by atoms with Gasteiger partial charge in [0, 0.05) is 37.5 Å². The third kappa shape index (κ3) is 3.14. The molecule has 1 saturated heterocycles. The van der Waals surface area contributed by atoms with Crippen LogP contribution in [0, 0.1) is 13.8 Å². The Hall–Kier alpha value is -2.35. The minimum atomic E-state index is -0.549. The lowest BCUT2D eigenvalue weighted by Crippen LogP contribution is -2.53. The first kappa shape index (κ1) is 16.5. The topological polar surface area (TPSA) is 85.4 Å². The number of carbonyl (C=O) groups excluding carboxylic acids is 1. The van der Waals surface area contributed by atoms with Crippen LogP contribution in [0.15, 0.2) is 16.9 Å². The van der Waals surface area contributed by atoms with E-state index >= 15 is 0 Å². The number of hydrogen-bond acceptors (Lipinski definition) is 5. The van der Waals surface area contributed by atoms with Gasteiger partial charge in [-0.2, -0.15) is 5.10 Å². The minimum absolute atomic E-state index is 0.117. The molecule has 0 bridgehead atoms. The number of hydrogen-bond donors (Lipinski definition) is 1. The molecular formula is C16H23N5O3. The lowest BCUT2D eigenvalue weighted by Gasteiger charge is -2.40. The molecule has 2 aromatic heterocycles. The molecule has 0 saturated carbocycles. The second-order valence-electron chi connectivity index (χ2n) is 6.36. The summed E-state index contributed by atoms with van der Waals surface area (Å²) in [7, 11) is 1.86. The van der Waals surface area contributed by atoms with Gasteiger partial charge in [0.05, 0.1) is 25.0 Å². The molecular weight excluding hydrogens is 310 g/mol. The van der Waals surface area contributed by atoms with Gasteiger partial charge in [-0.25, -0.2) is 4.79 Å². The smallest absolute Gasteiger partial charge is 0.317 e. The van der Waals surface area contributed by atoms with E-state index in [9.17, 15) is 4.79 Å². The van der Waals surface area contributed by atoms with E-state index in [0.29, 0.717) is 26.2 Å². The SMILES string of the molecule is Cc1noc(C)c1CNC(=O)N1CCO[C@](C)(c2cnn(C)c2)C1. The van der Waals surface area contributed by atoms with Gasteiger partial charge in [-0.3, -0.25) is 4.68 Å². The van der Waals surface area contributed by atoms with Crippen LogP contribution in [0.2, 0.25) is 0 Å². The highest BCUT2D eigenvalue weighted by Gasteiger charge is 2.36. The van der Waals surface area contributed by atoms with Crippen molar-refractivity contribution in [3.8, 4) is 0 Å². The molecule has 130 valence electrons. The first-order valence-corrected chi connectivity index (χ1v) is 7.96. The fraction of sp³-hybridized carbons (Fsp3) is 0.562. The van der Waals surface area contributed by atoms with E-state index in [2.05, 4.69) is 15.6 Å². The first-order valence-electron chi connectivity index (χ1n) is 7.96. The summed E-state index contributed by atoms with van der Waals surface area (Å²) in [4.78, 5) is 14.3. The normalized spacial score (nSPS) is 21.1. The molecule has 1 fully saturated rings. The molecule has 2 amide bonds. The van der Waals surface area contributed by atoms with Crippen molar-refractivity contribution in [2.24, 2.45) is 7.05 Å². The molecule has 1 aliphatic rings. The van der Waals surface area contributed by atoms with Crippen molar-refractivity contribution in [1.82, 2.24) is 25.2 Å². The van der Waals surface area contributed by atoms with Crippen molar-refractivity contribution in [2.45, 2.75) is 32.9 Å². The molecule has 0 unspecified atom stereocenters. The number of amides is 2. The Balaban J connectivity index is 1.65. The Morgan fingerprint density at radius 3 is 2.88 bits per heavy atom. The highest BCUT2D eigenvalue weighted by molar-refractivity contribution is 5.74. The van der Waals surface area contributed by atoms with Crippen molar-refractivity contribution >= 4 is 6.03 Å². The Labute approximate surface area is 140 Å². The molecule has 8 heteroatoms. The van der Waals surface area contributed by atoms with Gasteiger partial charge in [0.1, 0.15) is 11.4 Å². The van der Waals surface area contributed by atoms with Crippen LogP contribution in [0.1, 0.15) is 29.5 Å². The Morgan fingerprint density at radius 2 is 2.25 bits per heavy atom. The van der Waals surface area contributed by atoms with E-state index in [0.717, 1.165) is 22.6 Å². The van der Waals surface area contributed by atoms with Crippen LogP contribution < -0.4 is 5.32 Å². The lowest BCUT2D eigenvalue weighted by atomic mass is 9.97. The molecule has 0 aliphatic carbocycles. The number of morpholine rings is 1. The molecule has 3 heterocycles. The summed E-state index contributed by atoms with van der Waals surface area (Å²) in [5.41, 5.74) is 2.14. The molecule has 0 spiro atoms. The summed E-state index contributed by atoms with van der Waals surface area (Å²) in [6.07, 6.45) is 3.70. The van der Waals surface area contributed by atoms with Gasteiger partial charge in [0.15, 0.2) is 0 Å². The van der Waals surface area contributed by atoms with E-state index in [1.165, 1.54) is 0 Å². The van der Waals surface area contributed by atoms with Crippen LogP contribution in [0.4, 0.5) is 4.79 Å². The molecule has 1 N–H and O–H groups in total. The zero-order chi connectivity index (χ0) is 17.3. The Bertz CT molecular complexity index is 718. The molecule has 0 aromatic carbocycles. The predicted molar refractivity (Wildman–Crippen MR) is 86.3 cm³/mol. The van der Waals surface area contributed by atoms with Crippen molar-refractivity contribution < 1.29 is 14.1 Å². The van der Waals surface area contributed by atoms with Gasteiger partial charge in [0.25, 0.3) is 0 Å². The first-order chi connectivity index (χ1) is 11.4. The number of aryl methyl sites for hydroxylation is 3. The molecule has 2 aromatic rings. The number of urea groups is 1. The standard InChI is InChI=1S/C16H23N5O3/c1-11-14(12(2)24-19-11)8-17-15(22)21-5-6-23-16(3,10-21)13-7-18-20(4)9-13/h7,9H,5-6,8,10H2,1-4H3,(H,17,22)/t16-/m0/s1. The number of carbonyl (C=O) groups is 1. The Morgan fingerprint density at radius 1 is 1.46 bits per heavy atom. The predicted octanol–water partition coefficient (Wildman–Crippen LogP) is 1.48. The van der Waals surface area contributed by atoms with E-state index in [-0.39, 0.29) is 6.03 Å². The molecule has 0 radical (unpaired) electrons. The van der Waals surface area contributed by atoms with Gasteiger partial charge in [0.2, 0.25) is 0 Å². The zero-order valence-corrected chi connectivity index (χ0v) is 14.5. The minimum Gasteiger partial charge on any atom is -0.367 e. The van der Waals surface area contributed by atoms with Gasteiger partial charge >= 0.3 is 6.03 Å². The summed E-state index contributed by atoms with van der Waals surface area (Å²) >= 11 is 0. The largest absolute Gasteiger partial charge is 0.367 e. The average molecular weight is 333 g/mol. The number of nitrogens with zero attached hydrogens (tertiary/aromatic N) is 4. The molecule has 3 rings (SSSR count). The summed E-state index contributed by atoms with van der Waals surface area (Å²) in [6, 6.07) is -0.117. The number of nitrogens with one attached hydrogen (secondary N) is 1.